The summed E-state index contributed by atoms with van der Waals surface area (Å²) in [4.78, 5) is 15.2. The van der Waals surface area contributed by atoms with E-state index in [0.29, 0.717) is 18.8 Å². The zero-order chi connectivity index (χ0) is 17.1. The topological polar surface area (TPSA) is 99.4 Å². The summed E-state index contributed by atoms with van der Waals surface area (Å²) < 4.78 is 0. The number of oxime groups is 1. The van der Waals surface area contributed by atoms with Crippen LogP contribution in [-0.4, -0.2) is 39.7 Å². The minimum absolute atomic E-state index is 0.159. The highest BCUT2D eigenvalue weighted by atomic mass is 16.6. The first-order valence-corrected chi connectivity index (χ1v) is 8.38. The number of benzene rings is 1. The first kappa shape index (κ1) is 16.9. The minimum atomic E-state index is -1.05. The van der Waals surface area contributed by atoms with Crippen molar-refractivity contribution in [1.29, 1.82) is 0 Å². The maximum atomic E-state index is 10.4. The van der Waals surface area contributed by atoms with Crippen molar-refractivity contribution in [2.75, 3.05) is 6.61 Å². The molecule has 5 atom stereocenters. The van der Waals surface area contributed by atoms with E-state index in [1.807, 2.05) is 30.3 Å². The van der Waals surface area contributed by atoms with Crippen LogP contribution in [0.5, 0.6) is 0 Å². The summed E-state index contributed by atoms with van der Waals surface area (Å²) in [7, 11) is 0. The average molecular weight is 333 g/mol. The van der Waals surface area contributed by atoms with Gasteiger partial charge in [0.1, 0.15) is 0 Å². The Morgan fingerprint density at radius 3 is 2.79 bits per heavy atom. The highest BCUT2D eigenvalue weighted by molar-refractivity contribution is 5.93. The van der Waals surface area contributed by atoms with Gasteiger partial charge in [-0.1, -0.05) is 35.5 Å². The van der Waals surface area contributed by atoms with Gasteiger partial charge in [-0.2, -0.15) is 0 Å². The van der Waals surface area contributed by atoms with E-state index in [-0.39, 0.29) is 11.8 Å². The summed E-state index contributed by atoms with van der Waals surface area (Å²) in [5.41, 5.74) is 1.76. The Hall–Kier alpha value is -1.92. The first-order chi connectivity index (χ1) is 11.6. The molecule has 0 saturated heterocycles. The Kier molecular flexibility index (Phi) is 5.16. The molecule has 2 saturated carbocycles. The second-order valence-corrected chi connectivity index (χ2v) is 6.70. The molecule has 1 aromatic rings. The van der Waals surface area contributed by atoms with Crippen LogP contribution < -0.4 is 0 Å². The number of carboxylic acids is 1. The summed E-state index contributed by atoms with van der Waals surface area (Å²) in [6.07, 6.45) is 1.87. The van der Waals surface area contributed by atoms with Crippen LogP contribution in [0.1, 0.15) is 37.4 Å². The average Bonchev–Trinajstić information content (AvgIpc) is 2.81. The zero-order valence-electron chi connectivity index (χ0n) is 13.4. The van der Waals surface area contributed by atoms with E-state index in [9.17, 15) is 15.0 Å². The normalized spacial score (nSPS) is 31.3. The van der Waals surface area contributed by atoms with Gasteiger partial charge in [0.25, 0.3) is 0 Å². The summed E-state index contributed by atoms with van der Waals surface area (Å²) >= 11 is 0. The highest BCUT2D eigenvalue weighted by Crippen LogP contribution is 2.50. The van der Waals surface area contributed by atoms with E-state index < -0.39 is 24.8 Å². The van der Waals surface area contributed by atoms with Gasteiger partial charge in [0.2, 0.25) is 6.61 Å². The number of hydrogen-bond donors (Lipinski definition) is 3. The van der Waals surface area contributed by atoms with Crippen molar-refractivity contribution >= 4 is 11.7 Å². The van der Waals surface area contributed by atoms with Gasteiger partial charge in [0, 0.05) is 5.92 Å². The van der Waals surface area contributed by atoms with Crippen molar-refractivity contribution in [2.45, 2.75) is 37.9 Å². The molecule has 2 aliphatic rings. The van der Waals surface area contributed by atoms with Crippen LogP contribution in [0.15, 0.2) is 35.5 Å². The van der Waals surface area contributed by atoms with Gasteiger partial charge in [-0.15, -0.1) is 0 Å². The number of aliphatic hydroxyl groups excluding tert-OH is 2. The maximum absolute atomic E-state index is 10.4. The van der Waals surface area contributed by atoms with Crippen LogP contribution in [0.2, 0.25) is 0 Å². The molecular formula is C18H23NO5. The highest BCUT2D eigenvalue weighted by Gasteiger charge is 2.51. The van der Waals surface area contributed by atoms with Crippen molar-refractivity contribution in [3.8, 4) is 0 Å². The van der Waals surface area contributed by atoms with Gasteiger partial charge >= 0.3 is 5.97 Å². The van der Waals surface area contributed by atoms with Crippen molar-refractivity contribution in [2.24, 2.45) is 22.9 Å². The number of carboxylic acid groups (broad SMARTS) is 1. The molecule has 2 aliphatic carbocycles. The van der Waals surface area contributed by atoms with Crippen LogP contribution in [-0.2, 0) is 9.63 Å². The van der Waals surface area contributed by atoms with Crippen LogP contribution in [0.4, 0.5) is 0 Å². The van der Waals surface area contributed by atoms with E-state index in [1.54, 1.807) is 0 Å². The zero-order valence-corrected chi connectivity index (χ0v) is 13.4. The molecule has 3 N–H and O–H groups in total. The van der Waals surface area contributed by atoms with Crippen LogP contribution in [0, 0.1) is 17.8 Å². The summed E-state index contributed by atoms with van der Waals surface area (Å²) in [6.45, 7) is -0.434. The molecule has 0 amide bonds. The Morgan fingerprint density at radius 2 is 2.08 bits per heavy atom. The molecule has 5 unspecified atom stereocenters. The number of rotatable bonds is 7. The monoisotopic (exact) mass is 333 g/mol. The second kappa shape index (κ2) is 7.32. The smallest absolute Gasteiger partial charge is 0.344 e. The number of nitrogens with zero attached hydrogens (tertiary/aromatic N) is 1. The predicted octanol–water partition coefficient (Wildman–Crippen LogP) is 1.97. The van der Waals surface area contributed by atoms with E-state index >= 15 is 0 Å². The number of fused-ring (bicyclic) bond motifs is 1. The third kappa shape index (κ3) is 3.60. The van der Waals surface area contributed by atoms with Crippen molar-refractivity contribution in [3.05, 3.63) is 35.9 Å². The van der Waals surface area contributed by atoms with Crippen LogP contribution in [0.25, 0.3) is 0 Å². The van der Waals surface area contributed by atoms with Crippen molar-refractivity contribution < 1.29 is 25.0 Å². The van der Waals surface area contributed by atoms with Gasteiger partial charge in [0.15, 0.2) is 0 Å². The molecule has 0 aromatic heterocycles. The molecule has 2 fully saturated rings. The SMILES string of the molecule is O=C(O)CO/N=C1/CC2C1CC(O)C2CCC(O)c1ccccc1. The van der Waals surface area contributed by atoms with Gasteiger partial charge in [-0.3, -0.25) is 0 Å². The molecule has 6 heteroatoms. The number of carbonyl (C=O) groups is 1. The minimum Gasteiger partial charge on any atom is -0.479 e. The fourth-order valence-corrected chi connectivity index (χ4v) is 3.98. The first-order valence-electron chi connectivity index (χ1n) is 8.38. The molecule has 0 aliphatic heterocycles. The molecule has 3 rings (SSSR count). The predicted molar refractivity (Wildman–Crippen MR) is 87.4 cm³/mol. The molecule has 0 radical (unpaired) electrons. The lowest BCUT2D eigenvalue weighted by atomic mass is 9.70. The van der Waals surface area contributed by atoms with Gasteiger partial charge in [-0.25, -0.2) is 4.79 Å². The molecule has 6 nitrogen and oxygen atoms in total. The number of aliphatic carboxylic acids is 1. The van der Waals surface area contributed by atoms with E-state index in [0.717, 1.165) is 24.1 Å². The van der Waals surface area contributed by atoms with Crippen molar-refractivity contribution in [3.63, 3.8) is 0 Å². The van der Waals surface area contributed by atoms with Crippen LogP contribution in [0.3, 0.4) is 0 Å². The number of aliphatic hydroxyl groups is 2. The Balaban J connectivity index is 1.51. The fraction of sp³-hybridized carbons (Fsp3) is 0.556. The Bertz CT molecular complexity index is 603. The lowest BCUT2D eigenvalue weighted by molar-refractivity contribution is -0.142. The fourth-order valence-electron chi connectivity index (χ4n) is 3.98. The molecule has 0 bridgehead atoms. The maximum Gasteiger partial charge on any atom is 0.344 e. The summed E-state index contributed by atoms with van der Waals surface area (Å²) in [6, 6.07) is 9.55. The molecule has 0 heterocycles. The van der Waals surface area contributed by atoms with E-state index in [1.165, 1.54) is 0 Å². The van der Waals surface area contributed by atoms with Gasteiger partial charge in [-0.05, 0) is 43.1 Å². The summed E-state index contributed by atoms with van der Waals surface area (Å²) in [5.74, 6) is -0.343. The summed E-state index contributed by atoms with van der Waals surface area (Å²) in [5, 5.41) is 33.0. The lowest BCUT2D eigenvalue weighted by Gasteiger charge is -2.35. The van der Waals surface area contributed by atoms with Crippen LogP contribution >= 0.6 is 0 Å². The molecule has 24 heavy (non-hydrogen) atoms. The molecule has 0 spiro atoms. The Labute approximate surface area is 140 Å². The third-order valence-electron chi connectivity index (χ3n) is 5.26. The molecular weight excluding hydrogens is 310 g/mol. The molecule has 130 valence electrons. The largest absolute Gasteiger partial charge is 0.479 e. The van der Waals surface area contributed by atoms with E-state index in [2.05, 4.69) is 5.16 Å². The standard InChI is InChI=1S/C18H23NO5/c20-16(11-4-2-1-3-5-11)7-6-12-13-8-15(14(13)9-17(12)21)19-24-10-18(22)23/h1-5,12-14,16-17,20-21H,6-10H2,(H,22,23)/b19-15-. The van der Waals surface area contributed by atoms with Gasteiger partial charge < -0.3 is 20.2 Å². The van der Waals surface area contributed by atoms with Gasteiger partial charge in [0.05, 0.1) is 17.9 Å². The quantitative estimate of drug-likeness (QED) is 0.663. The lowest BCUT2D eigenvalue weighted by Crippen LogP contribution is -2.36. The third-order valence-corrected chi connectivity index (χ3v) is 5.26. The molecule has 1 aromatic carbocycles. The Morgan fingerprint density at radius 1 is 1.33 bits per heavy atom. The second-order valence-electron chi connectivity index (χ2n) is 6.70. The number of hydrogen-bond acceptors (Lipinski definition) is 5. The van der Waals surface area contributed by atoms with Crippen molar-refractivity contribution in [1.82, 2.24) is 0 Å². The van der Waals surface area contributed by atoms with E-state index in [4.69, 9.17) is 9.94 Å².